The molecule has 1 saturated carbocycles. The molecule has 3 fully saturated rings. The maximum absolute atomic E-state index is 13.5. The van der Waals surface area contributed by atoms with Crippen LogP contribution >= 0.6 is 0 Å². The number of hydrogen-bond donors (Lipinski definition) is 1. The Balaban J connectivity index is 2.02. The van der Waals surface area contributed by atoms with Crippen molar-refractivity contribution < 1.29 is 19.4 Å². The van der Waals surface area contributed by atoms with Gasteiger partial charge in [0.05, 0.1) is 14.7 Å². The molecule has 0 amide bonds. The van der Waals surface area contributed by atoms with E-state index in [1.807, 2.05) is 0 Å². The Morgan fingerprint density at radius 1 is 1.50 bits per heavy atom. The highest BCUT2D eigenvalue weighted by molar-refractivity contribution is 5.21. The van der Waals surface area contributed by atoms with E-state index in [9.17, 15) is 13.9 Å². The van der Waals surface area contributed by atoms with Crippen LogP contribution in [-0.2, 0) is 0 Å². The molecule has 80 valence electrons. The summed E-state index contributed by atoms with van der Waals surface area (Å²) in [6.07, 6.45) is -0.365. The van der Waals surface area contributed by atoms with E-state index in [1.165, 1.54) is 0 Å². The van der Waals surface area contributed by atoms with E-state index < -0.39 is 29.9 Å². The lowest BCUT2D eigenvalue weighted by Crippen LogP contribution is -2.41. The zero-order valence-electron chi connectivity index (χ0n) is 11.7. The number of alkyl halides is 2. The maximum Gasteiger partial charge on any atom is 0.255 e. The third-order valence-corrected chi connectivity index (χ3v) is 3.87. The second-order valence-corrected chi connectivity index (χ2v) is 4.73. The van der Waals surface area contributed by atoms with E-state index in [4.69, 9.17) is 5.48 Å². The largest absolute Gasteiger partial charge is 0.394 e. The van der Waals surface area contributed by atoms with E-state index >= 15 is 0 Å². The molecule has 2 saturated heterocycles. The molecule has 3 rings (SSSR count). The molecule has 2 nitrogen and oxygen atoms in total. The highest BCUT2D eigenvalue weighted by Gasteiger charge is 2.76. The lowest BCUT2D eigenvalue weighted by atomic mass is 9.89. The minimum atomic E-state index is -2.86. The second-order valence-electron chi connectivity index (χ2n) is 4.73. The second kappa shape index (κ2) is 2.30. The fourth-order valence-corrected chi connectivity index (χ4v) is 2.89. The van der Waals surface area contributed by atoms with Gasteiger partial charge in [0.25, 0.3) is 5.92 Å². The summed E-state index contributed by atoms with van der Waals surface area (Å²) >= 11 is 0. The highest BCUT2D eigenvalue weighted by Crippen LogP contribution is 2.69. The van der Waals surface area contributed by atoms with Gasteiger partial charge in [0.1, 0.15) is 0 Å². The summed E-state index contributed by atoms with van der Waals surface area (Å²) in [5.41, 5.74) is -2.84. The van der Waals surface area contributed by atoms with Gasteiger partial charge in [-0.25, -0.2) is 8.78 Å². The summed E-state index contributed by atoms with van der Waals surface area (Å²) in [7, 11) is 0. The molecule has 2 atom stereocenters. The molecule has 0 radical (unpaired) electrons. The van der Waals surface area contributed by atoms with Crippen molar-refractivity contribution in [1.82, 2.24) is 4.90 Å². The maximum atomic E-state index is 13.5. The summed E-state index contributed by atoms with van der Waals surface area (Å²) in [5.74, 6) is -2.86. The Bertz CT molecular complexity index is 413. The van der Waals surface area contributed by atoms with Crippen LogP contribution < -0.4 is 0 Å². The quantitative estimate of drug-likeness (QED) is 0.699. The number of rotatable bonds is 1. The van der Waals surface area contributed by atoms with Gasteiger partial charge in [-0.2, -0.15) is 0 Å². The van der Waals surface area contributed by atoms with Gasteiger partial charge in [-0.3, -0.25) is 4.90 Å². The Hall–Kier alpha value is -0.220. The van der Waals surface area contributed by atoms with Gasteiger partial charge < -0.3 is 5.11 Å². The Morgan fingerprint density at radius 2 is 2.21 bits per heavy atom. The average Bonchev–Trinajstić information content (AvgIpc) is 2.51. The molecule has 2 heterocycles. The first-order chi connectivity index (χ1) is 7.96. The van der Waals surface area contributed by atoms with E-state index in [0.29, 0.717) is 0 Å². The predicted octanol–water partition coefficient (Wildman–Crippen LogP) is 1.24. The SMILES string of the molecule is [2H]C1([2H])CC[C@@]2(C([2H])([2H])O)C[C@@]3(CN12)CC3(F)F. The van der Waals surface area contributed by atoms with Gasteiger partial charge >= 0.3 is 0 Å². The van der Waals surface area contributed by atoms with E-state index in [-0.39, 0.29) is 32.2 Å². The van der Waals surface area contributed by atoms with E-state index in [1.54, 1.807) is 0 Å². The summed E-state index contributed by atoms with van der Waals surface area (Å²) in [4.78, 5) is 1.14. The summed E-state index contributed by atoms with van der Waals surface area (Å²) in [6, 6.07) is 0. The van der Waals surface area contributed by atoms with Crippen LogP contribution in [0, 0.1) is 5.41 Å². The topological polar surface area (TPSA) is 23.5 Å². The van der Waals surface area contributed by atoms with Gasteiger partial charge in [0, 0.05) is 21.2 Å². The monoisotopic (exact) mass is 207 g/mol. The van der Waals surface area contributed by atoms with E-state index in [0.717, 1.165) is 4.90 Å². The number of hydrogen-bond acceptors (Lipinski definition) is 2. The van der Waals surface area contributed by atoms with Crippen LogP contribution in [0.5, 0.6) is 0 Å². The summed E-state index contributed by atoms with van der Waals surface area (Å²) < 4.78 is 57.6. The van der Waals surface area contributed by atoms with Crippen LogP contribution in [0.3, 0.4) is 0 Å². The average molecular weight is 207 g/mol. The number of nitrogens with zero attached hydrogens (tertiary/aromatic N) is 1. The van der Waals surface area contributed by atoms with Crippen molar-refractivity contribution in [3.8, 4) is 0 Å². The van der Waals surface area contributed by atoms with Crippen LogP contribution in [0.2, 0.25) is 0 Å². The van der Waals surface area contributed by atoms with Crippen molar-refractivity contribution in [1.29, 1.82) is 0 Å². The van der Waals surface area contributed by atoms with Gasteiger partial charge in [-0.15, -0.1) is 0 Å². The van der Waals surface area contributed by atoms with Crippen molar-refractivity contribution in [3.63, 3.8) is 0 Å². The first-order valence-electron chi connectivity index (χ1n) is 6.84. The zero-order chi connectivity index (χ0) is 13.6. The Morgan fingerprint density at radius 3 is 2.71 bits per heavy atom. The van der Waals surface area contributed by atoms with Gasteiger partial charge in [-0.1, -0.05) is 0 Å². The van der Waals surface area contributed by atoms with Gasteiger partial charge in [-0.05, 0) is 25.8 Å². The highest BCUT2D eigenvalue weighted by atomic mass is 19.3. The normalized spacial score (nSPS) is 58.8. The molecule has 1 spiro atoms. The molecule has 1 N–H and O–H groups in total. The molecule has 0 bridgehead atoms. The zero-order valence-corrected chi connectivity index (χ0v) is 7.69. The molecular weight excluding hydrogens is 188 g/mol. The summed E-state index contributed by atoms with van der Waals surface area (Å²) in [5, 5.41) is 9.72. The third-order valence-electron chi connectivity index (χ3n) is 3.87. The first-order valence-corrected chi connectivity index (χ1v) is 4.84. The molecule has 0 unspecified atom stereocenters. The summed E-state index contributed by atoms with van der Waals surface area (Å²) in [6.45, 7) is -4.66. The fourth-order valence-electron chi connectivity index (χ4n) is 2.89. The minimum absolute atomic E-state index is 0.0642. The van der Waals surface area contributed by atoms with Gasteiger partial charge in [0.2, 0.25) is 0 Å². The lowest BCUT2D eigenvalue weighted by molar-refractivity contribution is 0.0644. The molecule has 0 aromatic rings. The van der Waals surface area contributed by atoms with Crippen LogP contribution in [0.15, 0.2) is 0 Å². The van der Waals surface area contributed by atoms with Crippen LogP contribution in [-0.4, -0.2) is 41.1 Å². The first kappa shape index (κ1) is 5.75. The predicted molar refractivity (Wildman–Crippen MR) is 47.2 cm³/mol. The molecule has 2 aliphatic heterocycles. The minimum Gasteiger partial charge on any atom is -0.394 e. The smallest absolute Gasteiger partial charge is 0.255 e. The molecule has 0 aromatic carbocycles. The Kier molecular flexibility index (Phi) is 0.944. The van der Waals surface area contributed by atoms with Gasteiger partial charge in [0.15, 0.2) is 0 Å². The molecule has 3 aliphatic rings. The number of fused-ring (bicyclic) bond motifs is 1. The van der Waals surface area contributed by atoms with Crippen LogP contribution in [0.4, 0.5) is 8.78 Å². The Labute approximate surface area is 87.5 Å². The number of halogens is 2. The van der Waals surface area contributed by atoms with Crippen molar-refractivity contribution in [2.24, 2.45) is 5.41 Å². The third kappa shape index (κ3) is 0.865. The fraction of sp³-hybridized carbons (Fsp3) is 1.00. The van der Waals surface area contributed by atoms with Crippen LogP contribution in [0.1, 0.15) is 31.2 Å². The molecular formula is C10H15F2NO. The van der Waals surface area contributed by atoms with Crippen molar-refractivity contribution in [2.75, 3.05) is 19.6 Å². The van der Waals surface area contributed by atoms with Crippen molar-refractivity contribution in [3.05, 3.63) is 0 Å². The number of aliphatic hydroxyl groups is 1. The molecule has 0 aromatic heterocycles. The molecule has 1 aliphatic carbocycles. The molecule has 14 heavy (non-hydrogen) atoms. The standard InChI is InChI=1S/C10H15F2NO/c11-10(12)5-8(10)4-9(7-14)2-1-3-13(9)6-8/h14H,1-7H2/t8-,9-/m0/s1/i3D2,7D2. The van der Waals surface area contributed by atoms with Crippen molar-refractivity contribution >= 4 is 0 Å². The van der Waals surface area contributed by atoms with Crippen LogP contribution in [0.25, 0.3) is 0 Å². The van der Waals surface area contributed by atoms with E-state index in [2.05, 4.69) is 0 Å². The lowest BCUT2D eigenvalue weighted by Gasteiger charge is -2.29. The molecule has 4 heteroatoms. The van der Waals surface area contributed by atoms with Crippen molar-refractivity contribution in [2.45, 2.75) is 37.1 Å².